The fourth-order valence-electron chi connectivity index (χ4n) is 2.09. The highest BCUT2D eigenvalue weighted by Gasteiger charge is 2.22. The Bertz CT molecular complexity index is 507. The van der Waals surface area contributed by atoms with Gasteiger partial charge in [0.1, 0.15) is 5.82 Å². The van der Waals surface area contributed by atoms with E-state index in [9.17, 15) is 14.0 Å². The second-order valence-corrected chi connectivity index (χ2v) is 5.03. The lowest BCUT2D eigenvalue weighted by Crippen LogP contribution is -2.38. The summed E-state index contributed by atoms with van der Waals surface area (Å²) in [5.41, 5.74) is 0.259. The molecule has 0 N–H and O–H groups in total. The van der Waals surface area contributed by atoms with Crippen LogP contribution in [0.3, 0.4) is 0 Å². The van der Waals surface area contributed by atoms with E-state index in [1.807, 2.05) is 0 Å². The summed E-state index contributed by atoms with van der Waals surface area (Å²) in [5, 5.41) is 0. The molecule has 1 aromatic carbocycles. The lowest BCUT2D eigenvalue weighted by molar-refractivity contribution is -0.145. The highest BCUT2D eigenvalue weighted by atomic mass is 19.1. The van der Waals surface area contributed by atoms with Crippen molar-refractivity contribution in [1.82, 2.24) is 4.90 Å². The predicted molar refractivity (Wildman–Crippen MR) is 80.0 cm³/mol. The molecule has 5 nitrogen and oxygen atoms in total. The molecule has 0 spiro atoms. The van der Waals surface area contributed by atoms with E-state index in [1.165, 1.54) is 30.2 Å². The van der Waals surface area contributed by atoms with Gasteiger partial charge in [-0.1, -0.05) is 13.0 Å². The number of hydrogen-bond donors (Lipinski definition) is 0. The minimum absolute atomic E-state index is 0.214. The summed E-state index contributed by atoms with van der Waals surface area (Å²) in [6.45, 7) is 2.82. The summed E-state index contributed by atoms with van der Waals surface area (Å²) < 4.78 is 22.9. The minimum atomic E-state index is -0.469. The molecule has 0 saturated carbocycles. The molecule has 22 heavy (non-hydrogen) atoms. The molecular formula is C16H22FNO4. The Labute approximate surface area is 130 Å². The molecule has 0 bridgehead atoms. The lowest BCUT2D eigenvalue weighted by Gasteiger charge is -2.25. The predicted octanol–water partition coefficient (Wildman–Crippen LogP) is 2.11. The molecule has 122 valence electrons. The summed E-state index contributed by atoms with van der Waals surface area (Å²) >= 11 is 0. The number of hydrogen-bond acceptors (Lipinski definition) is 4. The van der Waals surface area contributed by atoms with Crippen LogP contribution in [0.5, 0.6) is 0 Å². The van der Waals surface area contributed by atoms with Crippen molar-refractivity contribution < 1.29 is 23.5 Å². The number of carbonyl (C=O) groups is 2. The first kappa shape index (κ1) is 18.1. The maximum atomic E-state index is 13.3. The van der Waals surface area contributed by atoms with Crippen LogP contribution in [0.15, 0.2) is 24.3 Å². The van der Waals surface area contributed by atoms with Gasteiger partial charge >= 0.3 is 5.97 Å². The van der Waals surface area contributed by atoms with Gasteiger partial charge in [0.25, 0.3) is 5.91 Å². The first-order chi connectivity index (χ1) is 10.5. The van der Waals surface area contributed by atoms with Gasteiger partial charge < -0.3 is 14.4 Å². The third-order valence-corrected chi connectivity index (χ3v) is 3.23. The molecule has 1 unspecified atom stereocenters. The van der Waals surface area contributed by atoms with E-state index in [0.717, 1.165) is 0 Å². The summed E-state index contributed by atoms with van der Waals surface area (Å²) in [6.07, 6.45) is 0.630. The lowest BCUT2D eigenvalue weighted by atomic mass is 10.1. The average molecular weight is 311 g/mol. The highest BCUT2D eigenvalue weighted by molar-refractivity contribution is 5.94. The molecule has 0 fully saturated rings. The van der Waals surface area contributed by atoms with Crippen LogP contribution in [0.4, 0.5) is 4.39 Å². The second kappa shape index (κ2) is 9.15. The third-order valence-electron chi connectivity index (χ3n) is 3.23. The Morgan fingerprint density at radius 1 is 1.32 bits per heavy atom. The van der Waals surface area contributed by atoms with E-state index in [2.05, 4.69) is 4.74 Å². The normalized spacial score (nSPS) is 11.8. The minimum Gasteiger partial charge on any atom is -0.469 e. The van der Waals surface area contributed by atoms with Crippen molar-refractivity contribution in [2.24, 2.45) is 5.92 Å². The molecule has 6 heteroatoms. The van der Waals surface area contributed by atoms with Crippen LogP contribution in [0.25, 0.3) is 0 Å². The topological polar surface area (TPSA) is 55.8 Å². The Morgan fingerprint density at radius 3 is 2.64 bits per heavy atom. The molecule has 1 aromatic rings. The Hall–Kier alpha value is -1.95. The smallest absolute Gasteiger partial charge is 0.310 e. The quantitative estimate of drug-likeness (QED) is 0.545. The first-order valence-corrected chi connectivity index (χ1v) is 7.11. The summed E-state index contributed by atoms with van der Waals surface area (Å²) in [7, 11) is 2.89. The van der Waals surface area contributed by atoms with E-state index in [1.54, 1.807) is 20.1 Å². The van der Waals surface area contributed by atoms with Crippen LogP contribution >= 0.6 is 0 Å². The van der Waals surface area contributed by atoms with Crippen molar-refractivity contribution in [2.45, 2.75) is 13.3 Å². The molecule has 0 radical (unpaired) electrons. The standard InChI is InChI=1S/C16H22FNO4/c1-12(16(20)22-3)11-18(8-5-9-21-2)15(19)13-6-4-7-14(17)10-13/h4,6-7,10,12H,5,8-9,11H2,1-3H3. The number of rotatable bonds is 8. The van der Waals surface area contributed by atoms with Crippen molar-refractivity contribution in [2.75, 3.05) is 33.9 Å². The summed E-state index contributed by atoms with van der Waals surface area (Å²) in [6, 6.07) is 5.51. The Balaban J connectivity index is 2.83. The molecule has 0 aliphatic carbocycles. The first-order valence-electron chi connectivity index (χ1n) is 7.11. The van der Waals surface area contributed by atoms with E-state index >= 15 is 0 Å². The van der Waals surface area contributed by atoms with Crippen molar-refractivity contribution in [3.05, 3.63) is 35.6 Å². The summed E-state index contributed by atoms with van der Waals surface area (Å²) in [5.74, 6) is -1.62. The number of carbonyl (C=O) groups excluding carboxylic acids is 2. The molecule has 0 aliphatic heterocycles. The molecule has 0 saturated heterocycles. The van der Waals surface area contributed by atoms with Gasteiger partial charge in [0.15, 0.2) is 0 Å². The Kier molecular flexibility index (Phi) is 7.52. The zero-order chi connectivity index (χ0) is 16.5. The zero-order valence-corrected chi connectivity index (χ0v) is 13.2. The number of halogens is 1. The number of amides is 1. The van der Waals surface area contributed by atoms with Crippen LogP contribution in [0.2, 0.25) is 0 Å². The van der Waals surface area contributed by atoms with Crippen LogP contribution in [-0.2, 0) is 14.3 Å². The molecule has 1 rings (SSSR count). The van der Waals surface area contributed by atoms with Gasteiger partial charge in [-0.3, -0.25) is 9.59 Å². The van der Waals surface area contributed by atoms with Gasteiger partial charge in [0.2, 0.25) is 0 Å². The number of ether oxygens (including phenoxy) is 2. The molecule has 1 atom stereocenters. The molecular weight excluding hydrogens is 289 g/mol. The molecule has 0 heterocycles. The van der Waals surface area contributed by atoms with Crippen LogP contribution < -0.4 is 0 Å². The van der Waals surface area contributed by atoms with E-state index < -0.39 is 11.7 Å². The van der Waals surface area contributed by atoms with Gasteiger partial charge in [-0.25, -0.2) is 4.39 Å². The van der Waals surface area contributed by atoms with E-state index in [-0.39, 0.29) is 24.0 Å². The SMILES string of the molecule is COCCCN(CC(C)C(=O)OC)C(=O)c1cccc(F)c1. The van der Waals surface area contributed by atoms with Gasteiger partial charge in [-0.15, -0.1) is 0 Å². The third kappa shape index (κ3) is 5.44. The van der Waals surface area contributed by atoms with Gasteiger partial charge in [-0.05, 0) is 24.6 Å². The maximum Gasteiger partial charge on any atom is 0.310 e. The molecule has 0 aliphatic rings. The largest absolute Gasteiger partial charge is 0.469 e. The van der Waals surface area contributed by atoms with Crippen molar-refractivity contribution in [1.29, 1.82) is 0 Å². The van der Waals surface area contributed by atoms with Crippen molar-refractivity contribution in [3.63, 3.8) is 0 Å². The van der Waals surface area contributed by atoms with Gasteiger partial charge in [0, 0.05) is 32.4 Å². The van der Waals surface area contributed by atoms with Crippen molar-refractivity contribution >= 4 is 11.9 Å². The second-order valence-electron chi connectivity index (χ2n) is 5.03. The Morgan fingerprint density at radius 2 is 2.05 bits per heavy atom. The maximum absolute atomic E-state index is 13.3. The molecule has 0 aromatic heterocycles. The van der Waals surface area contributed by atoms with Gasteiger partial charge in [0.05, 0.1) is 13.0 Å². The van der Waals surface area contributed by atoms with Crippen LogP contribution in [0, 0.1) is 11.7 Å². The monoisotopic (exact) mass is 311 g/mol. The summed E-state index contributed by atoms with van der Waals surface area (Å²) in [4.78, 5) is 25.6. The van der Waals surface area contributed by atoms with E-state index in [0.29, 0.717) is 19.6 Å². The highest BCUT2D eigenvalue weighted by Crippen LogP contribution is 2.11. The van der Waals surface area contributed by atoms with E-state index in [4.69, 9.17) is 4.74 Å². The fraction of sp³-hybridized carbons (Fsp3) is 0.500. The van der Waals surface area contributed by atoms with Crippen LogP contribution in [0.1, 0.15) is 23.7 Å². The number of esters is 1. The number of nitrogens with zero attached hydrogens (tertiary/aromatic N) is 1. The number of benzene rings is 1. The fourth-order valence-corrected chi connectivity index (χ4v) is 2.09. The zero-order valence-electron chi connectivity index (χ0n) is 13.2. The molecule has 1 amide bonds. The number of methoxy groups -OCH3 is 2. The van der Waals surface area contributed by atoms with Crippen molar-refractivity contribution in [3.8, 4) is 0 Å². The van der Waals surface area contributed by atoms with Crippen LogP contribution in [-0.4, -0.2) is 50.7 Å². The average Bonchev–Trinajstić information content (AvgIpc) is 2.52. The van der Waals surface area contributed by atoms with Gasteiger partial charge in [-0.2, -0.15) is 0 Å².